The standard InChI is InChI=1S/C20H21ClN4O3S/c1-14(2)25-19(10-11-22-25)23-20(26)15-6-4-9-18(12-15)29(27,28)24(3)17-8-5-7-16(21)13-17/h4-14H,1-3H3,(H,23,26). The number of hydrogen-bond donors (Lipinski definition) is 1. The number of rotatable bonds is 6. The van der Waals surface area contributed by atoms with Crippen LogP contribution in [-0.4, -0.2) is 31.2 Å². The second kappa shape index (κ2) is 8.26. The maximum Gasteiger partial charge on any atom is 0.264 e. The van der Waals surface area contributed by atoms with Crippen LogP contribution in [0.2, 0.25) is 5.02 Å². The second-order valence-electron chi connectivity index (χ2n) is 6.69. The highest BCUT2D eigenvalue weighted by Crippen LogP contribution is 2.25. The second-order valence-corrected chi connectivity index (χ2v) is 9.09. The molecule has 0 spiro atoms. The fraction of sp³-hybridized carbons (Fsp3) is 0.200. The Morgan fingerprint density at radius 1 is 1.14 bits per heavy atom. The summed E-state index contributed by atoms with van der Waals surface area (Å²) < 4.78 is 28.8. The van der Waals surface area contributed by atoms with Crippen molar-refractivity contribution in [3.8, 4) is 0 Å². The molecule has 1 N–H and O–H groups in total. The lowest BCUT2D eigenvalue weighted by molar-refractivity contribution is 0.102. The molecule has 1 amide bonds. The van der Waals surface area contributed by atoms with Gasteiger partial charge >= 0.3 is 0 Å². The molecule has 9 heteroatoms. The van der Waals surface area contributed by atoms with E-state index in [1.54, 1.807) is 47.3 Å². The summed E-state index contributed by atoms with van der Waals surface area (Å²) in [5.41, 5.74) is 0.648. The average molecular weight is 433 g/mol. The van der Waals surface area contributed by atoms with Crippen molar-refractivity contribution in [2.24, 2.45) is 0 Å². The number of sulfonamides is 1. The van der Waals surface area contributed by atoms with Gasteiger partial charge in [-0.25, -0.2) is 13.1 Å². The molecule has 0 saturated heterocycles. The first kappa shape index (κ1) is 20.9. The van der Waals surface area contributed by atoms with Gasteiger partial charge in [0.2, 0.25) is 0 Å². The van der Waals surface area contributed by atoms with Crippen molar-refractivity contribution in [3.05, 3.63) is 71.4 Å². The summed E-state index contributed by atoms with van der Waals surface area (Å²) in [6.45, 7) is 3.89. The predicted molar refractivity (Wildman–Crippen MR) is 114 cm³/mol. The van der Waals surface area contributed by atoms with Gasteiger partial charge in [0.15, 0.2) is 0 Å². The van der Waals surface area contributed by atoms with Gasteiger partial charge in [0.05, 0.1) is 16.8 Å². The largest absolute Gasteiger partial charge is 0.307 e. The number of benzene rings is 2. The SMILES string of the molecule is CC(C)n1nccc1NC(=O)c1cccc(S(=O)(=O)N(C)c2cccc(Cl)c2)c1. The molecule has 0 atom stereocenters. The van der Waals surface area contributed by atoms with Gasteiger partial charge in [-0.1, -0.05) is 23.7 Å². The Balaban J connectivity index is 1.88. The van der Waals surface area contributed by atoms with Gasteiger partial charge in [-0.2, -0.15) is 5.10 Å². The molecule has 7 nitrogen and oxygen atoms in total. The predicted octanol–water partition coefficient (Wildman–Crippen LogP) is 4.19. The van der Waals surface area contributed by atoms with Crippen molar-refractivity contribution >= 4 is 39.0 Å². The molecule has 0 aliphatic rings. The molecule has 3 rings (SSSR count). The maximum atomic E-state index is 13.0. The Hall–Kier alpha value is -2.84. The minimum atomic E-state index is -3.87. The Morgan fingerprint density at radius 3 is 2.55 bits per heavy atom. The molecule has 0 aliphatic heterocycles. The topological polar surface area (TPSA) is 84.3 Å². The number of nitrogens with zero attached hydrogens (tertiary/aromatic N) is 3. The Morgan fingerprint density at radius 2 is 1.86 bits per heavy atom. The molecule has 0 fully saturated rings. The smallest absolute Gasteiger partial charge is 0.264 e. The Bertz CT molecular complexity index is 1140. The molecular weight excluding hydrogens is 412 g/mol. The number of halogens is 1. The summed E-state index contributed by atoms with van der Waals surface area (Å²) in [6.07, 6.45) is 1.59. The van der Waals surface area contributed by atoms with E-state index in [-0.39, 0.29) is 16.5 Å². The zero-order valence-electron chi connectivity index (χ0n) is 16.2. The number of amides is 1. The minimum Gasteiger partial charge on any atom is -0.307 e. The molecule has 0 aliphatic carbocycles. The van der Waals surface area contributed by atoms with Gasteiger partial charge < -0.3 is 5.32 Å². The van der Waals surface area contributed by atoms with Crippen molar-refractivity contribution in [2.45, 2.75) is 24.8 Å². The van der Waals surface area contributed by atoms with E-state index >= 15 is 0 Å². The van der Waals surface area contributed by atoms with Gasteiger partial charge in [0, 0.05) is 29.7 Å². The fourth-order valence-corrected chi connectivity index (χ4v) is 4.20. The van der Waals surface area contributed by atoms with Gasteiger partial charge in [-0.15, -0.1) is 0 Å². The summed E-state index contributed by atoms with van der Waals surface area (Å²) in [5, 5.41) is 7.37. The summed E-state index contributed by atoms with van der Waals surface area (Å²) in [5.74, 6) is 0.115. The normalized spacial score (nSPS) is 11.5. The van der Waals surface area contributed by atoms with E-state index in [0.717, 1.165) is 4.31 Å². The zero-order valence-corrected chi connectivity index (χ0v) is 17.8. The van der Waals surface area contributed by atoms with Gasteiger partial charge in [0.1, 0.15) is 5.82 Å². The van der Waals surface area contributed by atoms with Crippen LogP contribution in [0.4, 0.5) is 11.5 Å². The van der Waals surface area contributed by atoms with Crippen molar-refractivity contribution in [3.63, 3.8) is 0 Å². The van der Waals surface area contributed by atoms with Gasteiger partial charge in [-0.05, 0) is 50.2 Å². The number of anilines is 2. The van der Waals surface area contributed by atoms with E-state index in [1.807, 2.05) is 13.8 Å². The number of aromatic nitrogens is 2. The minimum absolute atomic E-state index is 0.00462. The van der Waals surface area contributed by atoms with Crippen LogP contribution < -0.4 is 9.62 Å². The van der Waals surface area contributed by atoms with Gasteiger partial charge in [-0.3, -0.25) is 9.10 Å². The van der Waals surface area contributed by atoms with Crippen LogP contribution in [0.3, 0.4) is 0 Å². The molecule has 0 bridgehead atoms. The van der Waals surface area contributed by atoms with Crippen molar-refractivity contribution in [2.75, 3.05) is 16.7 Å². The Labute approximate surface area is 175 Å². The number of carbonyl (C=O) groups is 1. The van der Waals surface area contributed by atoms with E-state index in [0.29, 0.717) is 16.5 Å². The van der Waals surface area contributed by atoms with Crippen LogP contribution >= 0.6 is 11.6 Å². The van der Waals surface area contributed by atoms with E-state index in [4.69, 9.17) is 11.6 Å². The highest BCUT2D eigenvalue weighted by molar-refractivity contribution is 7.92. The maximum absolute atomic E-state index is 13.0. The van der Waals surface area contributed by atoms with Crippen molar-refractivity contribution in [1.29, 1.82) is 0 Å². The monoisotopic (exact) mass is 432 g/mol. The molecule has 152 valence electrons. The van der Waals surface area contributed by atoms with Crippen molar-refractivity contribution < 1.29 is 13.2 Å². The van der Waals surface area contributed by atoms with Gasteiger partial charge in [0.25, 0.3) is 15.9 Å². The first-order chi connectivity index (χ1) is 13.7. The summed E-state index contributed by atoms with van der Waals surface area (Å²) in [4.78, 5) is 12.7. The van der Waals surface area contributed by atoms with Crippen LogP contribution in [0.5, 0.6) is 0 Å². The fourth-order valence-electron chi connectivity index (χ4n) is 2.78. The molecule has 0 unspecified atom stereocenters. The highest BCUT2D eigenvalue weighted by atomic mass is 35.5. The van der Waals surface area contributed by atoms with Crippen molar-refractivity contribution in [1.82, 2.24) is 9.78 Å². The molecule has 1 heterocycles. The van der Waals surface area contributed by atoms with Crippen LogP contribution in [0, 0.1) is 0 Å². The number of nitrogens with one attached hydrogen (secondary N) is 1. The first-order valence-corrected chi connectivity index (χ1v) is 10.7. The van der Waals surface area contributed by atoms with E-state index in [1.165, 1.54) is 25.2 Å². The molecule has 29 heavy (non-hydrogen) atoms. The quantitative estimate of drug-likeness (QED) is 0.632. The number of carbonyl (C=O) groups excluding carboxylic acids is 1. The van der Waals surface area contributed by atoms with Crippen LogP contribution in [0.1, 0.15) is 30.2 Å². The summed E-state index contributed by atoms with van der Waals surface area (Å²) in [7, 11) is -2.43. The summed E-state index contributed by atoms with van der Waals surface area (Å²) >= 11 is 5.97. The first-order valence-electron chi connectivity index (χ1n) is 8.89. The average Bonchev–Trinajstić information content (AvgIpc) is 3.16. The third-order valence-corrected chi connectivity index (χ3v) is 6.34. The molecule has 1 aromatic heterocycles. The lowest BCUT2D eigenvalue weighted by Crippen LogP contribution is -2.27. The molecular formula is C20H21ClN4O3S. The van der Waals surface area contributed by atoms with Crippen LogP contribution in [0.25, 0.3) is 0 Å². The Kier molecular flexibility index (Phi) is 5.95. The van der Waals surface area contributed by atoms with Crippen LogP contribution in [-0.2, 0) is 10.0 Å². The summed E-state index contributed by atoms with van der Waals surface area (Å²) in [6, 6.07) is 14.2. The molecule has 3 aromatic rings. The molecule has 0 radical (unpaired) electrons. The third kappa shape index (κ3) is 4.44. The molecule has 2 aromatic carbocycles. The zero-order chi connectivity index (χ0) is 21.2. The lowest BCUT2D eigenvalue weighted by Gasteiger charge is -2.20. The van der Waals surface area contributed by atoms with E-state index < -0.39 is 15.9 Å². The number of hydrogen-bond acceptors (Lipinski definition) is 4. The van der Waals surface area contributed by atoms with E-state index in [9.17, 15) is 13.2 Å². The molecule has 0 saturated carbocycles. The van der Waals surface area contributed by atoms with E-state index in [2.05, 4.69) is 10.4 Å². The third-order valence-electron chi connectivity index (χ3n) is 4.33. The lowest BCUT2D eigenvalue weighted by atomic mass is 10.2. The highest BCUT2D eigenvalue weighted by Gasteiger charge is 2.23. The van der Waals surface area contributed by atoms with Crippen LogP contribution in [0.15, 0.2) is 65.7 Å².